The summed E-state index contributed by atoms with van der Waals surface area (Å²) in [6.07, 6.45) is 0. The predicted molar refractivity (Wildman–Crippen MR) is 117 cm³/mol. The molecule has 0 aliphatic carbocycles. The fourth-order valence-electron chi connectivity index (χ4n) is 3.77. The van der Waals surface area contributed by atoms with Crippen LogP contribution < -0.4 is 9.80 Å². The molecule has 0 spiro atoms. The van der Waals surface area contributed by atoms with E-state index >= 15 is 0 Å². The van der Waals surface area contributed by atoms with E-state index in [1.165, 1.54) is 4.31 Å². The van der Waals surface area contributed by atoms with Gasteiger partial charge in [0, 0.05) is 56.1 Å². The number of morpholine rings is 1. The second kappa shape index (κ2) is 8.66. The molecule has 0 radical (unpaired) electrons. The van der Waals surface area contributed by atoms with Crippen molar-refractivity contribution in [2.45, 2.75) is 18.7 Å². The van der Waals surface area contributed by atoms with Crippen LogP contribution in [0.3, 0.4) is 0 Å². The molecule has 0 atom stereocenters. The van der Waals surface area contributed by atoms with E-state index in [2.05, 4.69) is 9.88 Å². The van der Waals surface area contributed by atoms with Crippen molar-refractivity contribution in [3.8, 4) is 0 Å². The summed E-state index contributed by atoms with van der Waals surface area (Å²) in [6.45, 7) is 8.50. The van der Waals surface area contributed by atoms with Crippen LogP contribution in [0.4, 0.5) is 11.8 Å². The molecule has 0 saturated carbocycles. The molecule has 1 aromatic carbocycles. The average molecular weight is 452 g/mol. The van der Waals surface area contributed by atoms with Gasteiger partial charge in [-0.2, -0.15) is 9.29 Å². The monoisotopic (exact) mass is 451 g/mol. The standard InChI is InChI=1S/C20H26ClN5O3S/c1-15-14-19(24-10-12-29-13-11-24)23-20(22-15)25-6-8-26(9-7-25)30(27,28)18-5-3-4-17(21)16(18)2/h3-5,14H,6-13H2,1-2H3. The van der Waals surface area contributed by atoms with Crippen molar-refractivity contribution in [3.05, 3.63) is 40.5 Å². The summed E-state index contributed by atoms with van der Waals surface area (Å²) in [5.41, 5.74) is 1.48. The summed E-state index contributed by atoms with van der Waals surface area (Å²) in [5.74, 6) is 1.54. The van der Waals surface area contributed by atoms with Crippen LogP contribution in [-0.2, 0) is 14.8 Å². The molecule has 0 bridgehead atoms. The molecular formula is C20H26ClN5O3S. The van der Waals surface area contributed by atoms with Crippen LogP contribution in [0.2, 0.25) is 5.02 Å². The quantitative estimate of drug-likeness (QED) is 0.704. The van der Waals surface area contributed by atoms with Crippen LogP contribution in [0.1, 0.15) is 11.3 Å². The Morgan fingerprint density at radius 2 is 1.67 bits per heavy atom. The Labute approximate surface area is 182 Å². The summed E-state index contributed by atoms with van der Waals surface area (Å²) >= 11 is 6.14. The molecule has 3 heterocycles. The summed E-state index contributed by atoms with van der Waals surface area (Å²) in [4.78, 5) is 13.9. The molecule has 1 aromatic heterocycles. The zero-order valence-electron chi connectivity index (χ0n) is 17.2. The van der Waals surface area contributed by atoms with Crippen molar-refractivity contribution in [3.63, 3.8) is 0 Å². The van der Waals surface area contributed by atoms with Crippen molar-refractivity contribution in [1.82, 2.24) is 14.3 Å². The summed E-state index contributed by atoms with van der Waals surface area (Å²) < 4.78 is 33.2. The first kappa shape index (κ1) is 21.3. The summed E-state index contributed by atoms with van der Waals surface area (Å²) in [7, 11) is -3.59. The van der Waals surface area contributed by atoms with Gasteiger partial charge in [-0.1, -0.05) is 17.7 Å². The number of benzene rings is 1. The Kier molecular flexibility index (Phi) is 6.15. The highest BCUT2D eigenvalue weighted by Gasteiger charge is 2.31. The van der Waals surface area contributed by atoms with E-state index in [1.54, 1.807) is 25.1 Å². The van der Waals surface area contributed by atoms with E-state index in [0.29, 0.717) is 55.9 Å². The van der Waals surface area contributed by atoms with Crippen LogP contribution in [0, 0.1) is 13.8 Å². The Morgan fingerprint density at radius 3 is 2.37 bits per heavy atom. The van der Waals surface area contributed by atoms with E-state index < -0.39 is 10.0 Å². The number of sulfonamides is 1. The van der Waals surface area contributed by atoms with Gasteiger partial charge in [0.25, 0.3) is 0 Å². The number of piperazine rings is 1. The van der Waals surface area contributed by atoms with Gasteiger partial charge in [0.05, 0.1) is 18.1 Å². The number of nitrogens with zero attached hydrogens (tertiary/aromatic N) is 5. The second-order valence-electron chi connectivity index (χ2n) is 7.52. The molecule has 30 heavy (non-hydrogen) atoms. The Bertz CT molecular complexity index is 1020. The molecule has 2 fully saturated rings. The van der Waals surface area contributed by atoms with E-state index in [4.69, 9.17) is 21.3 Å². The van der Waals surface area contributed by atoms with Gasteiger partial charge in [-0.15, -0.1) is 0 Å². The van der Waals surface area contributed by atoms with Gasteiger partial charge < -0.3 is 14.5 Å². The Morgan fingerprint density at radius 1 is 0.967 bits per heavy atom. The lowest BCUT2D eigenvalue weighted by molar-refractivity contribution is 0.122. The lowest BCUT2D eigenvalue weighted by Crippen LogP contribution is -2.49. The number of hydrogen-bond donors (Lipinski definition) is 0. The third kappa shape index (κ3) is 4.25. The molecule has 8 nitrogen and oxygen atoms in total. The molecule has 4 rings (SSSR count). The number of hydrogen-bond acceptors (Lipinski definition) is 7. The lowest BCUT2D eigenvalue weighted by atomic mass is 10.2. The van der Waals surface area contributed by atoms with Gasteiger partial charge in [-0.3, -0.25) is 0 Å². The Balaban J connectivity index is 1.49. The Hall–Kier alpha value is -1.94. The van der Waals surface area contributed by atoms with Gasteiger partial charge >= 0.3 is 0 Å². The van der Waals surface area contributed by atoms with Crippen LogP contribution in [0.5, 0.6) is 0 Å². The molecule has 0 amide bonds. The molecule has 162 valence electrons. The van der Waals surface area contributed by atoms with Crippen LogP contribution in [0.25, 0.3) is 0 Å². The van der Waals surface area contributed by atoms with Crippen molar-refractivity contribution in [1.29, 1.82) is 0 Å². The highest BCUT2D eigenvalue weighted by atomic mass is 35.5. The van der Waals surface area contributed by atoms with E-state index in [1.807, 2.05) is 17.9 Å². The fraction of sp³-hybridized carbons (Fsp3) is 0.500. The van der Waals surface area contributed by atoms with Gasteiger partial charge in [0.15, 0.2) is 0 Å². The largest absolute Gasteiger partial charge is 0.378 e. The number of rotatable bonds is 4. The maximum absolute atomic E-state index is 13.1. The van der Waals surface area contributed by atoms with Crippen molar-refractivity contribution in [2.75, 3.05) is 62.3 Å². The van der Waals surface area contributed by atoms with Crippen LogP contribution in [-0.4, -0.2) is 75.2 Å². The first-order valence-corrected chi connectivity index (χ1v) is 11.9. The molecule has 0 N–H and O–H groups in total. The number of aryl methyl sites for hydroxylation is 1. The smallest absolute Gasteiger partial charge is 0.243 e. The highest BCUT2D eigenvalue weighted by Crippen LogP contribution is 2.27. The molecular weight excluding hydrogens is 426 g/mol. The third-order valence-electron chi connectivity index (χ3n) is 5.52. The molecule has 2 aliphatic rings. The first-order chi connectivity index (χ1) is 14.4. The van der Waals surface area contributed by atoms with E-state index in [0.717, 1.165) is 24.6 Å². The maximum Gasteiger partial charge on any atom is 0.243 e. The van der Waals surface area contributed by atoms with Gasteiger partial charge in [0.1, 0.15) is 5.82 Å². The van der Waals surface area contributed by atoms with Crippen LogP contribution >= 0.6 is 11.6 Å². The molecule has 10 heteroatoms. The summed E-state index contributed by atoms with van der Waals surface area (Å²) in [6, 6.07) is 6.97. The van der Waals surface area contributed by atoms with Gasteiger partial charge in [-0.05, 0) is 31.5 Å². The number of ether oxygens (including phenoxy) is 1. The highest BCUT2D eigenvalue weighted by molar-refractivity contribution is 7.89. The second-order valence-corrected chi connectivity index (χ2v) is 9.83. The van der Waals surface area contributed by atoms with Crippen molar-refractivity contribution >= 4 is 33.4 Å². The minimum Gasteiger partial charge on any atom is -0.378 e. The minimum atomic E-state index is -3.59. The normalized spacial score (nSPS) is 18.6. The molecule has 0 unspecified atom stereocenters. The number of halogens is 1. The fourth-order valence-corrected chi connectivity index (χ4v) is 5.67. The SMILES string of the molecule is Cc1cc(N2CCOCC2)nc(N2CCN(S(=O)(=O)c3cccc(Cl)c3C)CC2)n1. The zero-order chi connectivity index (χ0) is 21.3. The predicted octanol–water partition coefficient (Wildman–Crippen LogP) is 2.09. The van der Waals surface area contributed by atoms with E-state index in [-0.39, 0.29) is 4.90 Å². The molecule has 2 aromatic rings. The van der Waals surface area contributed by atoms with Gasteiger partial charge in [-0.25, -0.2) is 13.4 Å². The number of aromatic nitrogens is 2. The summed E-state index contributed by atoms with van der Waals surface area (Å²) in [5, 5.41) is 0.457. The molecule has 2 aliphatic heterocycles. The number of anilines is 2. The van der Waals surface area contributed by atoms with Gasteiger partial charge in [0.2, 0.25) is 16.0 Å². The maximum atomic E-state index is 13.1. The zero-order valence-corrected chi connectivity index (χ0v) is 18.8. The first-order valence-electron chi connectivity index (χ1n) is 10.0. The minimum absolute atomic E-state index is 0.268. The third-order valence-corrected chi connectivity index (χ3v) is 7.97. The average Bonchev–Trinajstić information content (AvgIpc) is 2.76. The molecule has 2 saturated heterocycles. The van der Waals surface area contributed by atoms with Crippen molar-refractivity contribution < 1.29 is 13.2 Å². The topological polar surface area (TPSA) is 78.9 Å². The van der Waals surface area contributed by atoms with Crippen LogP contribution in [0.15, 0.2) is 29.2 Å². The lowest BCUT2D eigenvalue weighted by Gasteiger charge is -2.35. The van der Waals surface area contributed by atoms with Crippen molar-refractivity contribution in [2.24, 2.45) is 0 Å². The van der Waals surface area contributed by atoms with E-state index in [9.17, 15) is 8.42 Å².